The minimum Gasteiger partial charge on any atom is -0.497 e. The molecule has 0 aliphatic heterocycles. The molecule has 1 rings (SSSR count). The summed E-state index contributed by atoms with van der Waals surface area (Å²) in [6.07, 6.45) is 0. The van der Waals surface area contributed by atoms with Crippen molar-refractivity contribution in [2.75, 3.05) is 23.9 Å². The number of thioether (sulfide) groups is 1. The molecule has 4 nitrogen and oxygen atoms in total. The van der Waals surface area contributed by atoms with Gasteiger partial charge in [-0.2, -0.15) is 0 Å². The number of anilines is 2. The molecule has 0 saturated heterocycles. The fourth-order valence-electron chi connectivity index (χ4n) is 1.43. The van der Waals surface area contributed by atoms with E-state index in [2.05, 4.69) is 19.2 Å². The van der Waals surface area contributed by atoms with Crippen molar-refractivity contribution >= 4 is 29.0 Å². The van der Waals surface area contributed by atoms with E-state index < -0.39 is 0 Å². The molecule has 0 saturated carbocycles. The maximum Gasteiger partial charge on any atom is 0.237 e. The quantitative estimate of drug-likeness (QED) is 0.787. The number of ether oxygens (including phenoxy) is 1. The highest BCUT2D eigenvalue weighted by atomic mass is 32.2. The van der Waals surface area contributed by atoms with Crippen LogP contribution in [-0.4, -0.2) is 24.0 Å². The number of benzene rings is 1. The van der Waals surface area contributed by atoms with Gasteiger partial charge in [-0.1, -0.05) is 13.8 Å². The number of hydrogen-bond donors (Lipinski definition) is 2. The second kappa shape index (κ2) is 7.28. The van der Waals surface area contributed by atoms with Crippen molar-refractivity contribution in [3.8, 4) is 5.75 Å². The summed E-state index contributed by atoms with van der Waals surface area (Å²) in [5, 5.41) is 2.75. The lowest BCUT2D eigenvalue weighted by atomic mass is 10.2. The molecule has 19 heavy (non-hydrogen) atoms. The summed E-state index contributed by atoms with van der Waals surface area (Å²) in [6.45, 7) is 6.18. The molecule has 5 heteroatoms. The number of amides is 1. The highest BCUT2D eigenvalue weighted by Crippen LogP contribution is 2.25. The van der Waals surface area contributed by atoms with Crippen molar-refractivity contribution in [3.05, 3.63) is 18.2 Å². The Bertz CT molecular complexity index is 435. The van der Waals surface area contributed by atoms with Crippen LogP contribution >= 0.6 is 11.8 Å². The minimum absolute atomic E-state index is 0.0254. The molecule has 106 valence electrons. The third kappa shape index (κ3) is 5.03. The van der Waals surface area contributed by atoms with Crippen LogP contribution in [0.1, 0.15) is 20.8 Å². The molecular formula is C14H22N2O2S. The molecule has 1 atom stereocenters. The second-order valence-corrected chi connectivity index (χ2v) is 6.19. The fourth-order valence-corrected chi connectivity index (χ4v) is 2.31. The highest BCUT2D eigenvalue weighted by Gasteiger charge is 2.15. The van der Waals surface area contributed by atoms with E-state index in [0.717, 1.165) is 5.75 Å². The van der Waals surface area contributed by atoms with E-state index >= 15 is 0 Å². The molecule has 3 N–H and O–H groups in total. The van der Waals surface area contributed by atoms with Crippen LogP contribution in [0.3, 0.4) is 0 Å². The summed E-state index contributed by atoms with van der Waals surface area (Å²) < 4.78 is 5.07. The summed E-state index contributed by atoms with van der Waals surface area (Å²) >= 11 is 1.65. The van der Waals surface area contributed by atoms with Gasteiger partial charge in [-0.15, -0.1) is 11.8 Å². The number of nitrogens with two attached hydrogens (primary N) is 1. The number of carbonyl (C=O) groups is 1. The minimum atomic E-state index is -0.0936. The van der Waals surface area contributed by atoms with Crippen LogP contribution in [0.4, 0.5) is 11.4 Å². The van der Waals surface area contributed by atoms with Crippen molar-refractivity contribution in [3.63, 3.8) is 0 Å². The number of rotatable bonds is 6. The zero-order valence-corrected chi connectivity index (χ0v) is 12.7. The van der Waals surface area contributed by atoms with Gasteiger partial charge in [0.25, 0.3) is 0 Å². The number of carbonyl (C=O) groups excluding carboxylic acids is 1. The summed E-state index contributed by atoms with van der Waals surface area (Å²) in [7, 11) is 1.58. The molecule has 0 radical (unpaired) electrons. The van der Waals surface area contributed by atoms with Crippen molar-refractivity contribution in [2.45, 2.75) is 26.0 Å². The lowest BCUT2D eigenvalue weighted by Crippen LogP contribution is -2.23. The van der Waals surface area contributed by atoms with E-state index in [4.69, 9.17) is 10.5 Å². The van der Waals surface area contributed by atoms with Crippen molar-refractivity contribution in [1.29, 1.82) is 0 Å². The highest BCUT2D eigenvalue weighted by molar-refractivity contribution is 8.00. The normalized spacial score (nSPS) is 12.3. The first-order valence-electron chi connectivity index (χ1n) is 6.30. The molecular weight excluding hydrogens is 260 g/mol. The Morgan fingerprint density at radius 2 is 2.11 bits per heavy atom. The lowest BCUT2D eigenvalue weighted by Gasteiger charge is -2.14. The van der Waals surface area contributed by atoms with Crippen molar-refractivity contribution in [1.82, 2.24) is 0 Å². The van der Waals surface area contributed by atoms with Crippen molar-refractivity contribution < 1.29 is 9.53 Å². The SMILES string of the molecule is COc1ccc(NC(=O)C(C)SCC(C)C)c(N)c1. The molecule has 0 aromatic heterocycles. The topological polar surface area (TPSA) is 64.3 Å². The van der Waals surface area contributed by atoms with E-state index in [-0.39, 0.29) is 11.2 Å². The first-order valence-corrected chi connectivity index (χ1v) is 7.35. The van der Waals surface area contributed by atoms with Gasteiger partial charge in [0, 0.05) is 6.07 Å². The molecule has 0 fully saturated rings. The van der Waals surface area contributed by atoms with E-state index in [1.54, 1.807) is 37.1 Å². The maximum absolute atomic E-state index is 12.0. The third-order valence-corrected chi connectivity index (χ3v) is 4.14. The molecule has 1 unspecified atom stereocenters. The van der Waals surface area contributed by atoms with Gasteiger partial charge in [0.2, 0.25) is 5.91 Å². The van der Waals surface area contributed by atoms with E-state index in [1.807, 2.05) is 6.92 Å². The lowest BCUT2D eigenvalue weighted by molar-refractivity contribution is -0.115. The van der Waals surface area contributed by atoms with Crippen LogP contribution in [0.2, 0.25) is 0 Å². The molecule has 1 aromatic carbocycles. The average molecular weight is 282 g/mol. The van der Waals surface area contributed by atoms with Gasteiger partial charge in [-0.3, -0.25) is 4.79 Å². The summed E-state index contributed by atoms with van der Waals surface area (Å²) in [5.74, 6) is 2.19. The molecule has 0 aliphatic carbocycles. The van der Waals surface area contributed by atoms with Gasteiger partial charge in [-0.25, -0.2) is 0 Å². The zero-order chi connectivity index (χ0) is 14.4. The van der Waals surface area contributed by atoms with Crippen LogP contribution in [-0.2, 0) is 4.79 Å². The first kappa shape index (κ1) is 15.7. The van der Waals surface area contributed by atoms with Gasteiger partial charge >= 0.3 is 0 Å². The van der Waals surface area contributed by atoms with Gasteiger partial charge < -0.3 is 15.8 Å². The van der Waals surface area contributed by atoms with Gasteiger partial charge in [-0.05, 0) is 30.7 Å². The van der Waals surface area contributed by atoms with Crippen LogP contribution in [0.15, 0.2) is 18.2 Å². The van der Waals surface area contributed by atoms with Gasteiger partial charge in [0.05, 0.1) is 23.7 Å². The molecule has 0 bridgehead atoms. The zero-order valence-electron chi connectivity index (χ0n) is 11.9. The fraction of sp³-hybridized carbons (Fsp3) is 0.500. The molecule has 0 spiro atoms. The van der Waals surface area contributed by atoms with E-state index in [1.165, 1.54) is 0 Å². The van der Waals surface area contributed by atoms with Crippen LogP contribution in [0.5, 0.6) is 5.75 Å². The number of nitrogen functional groups attached to an aromatic ring is 1. The van der Waals surface area contributed by atoms with Gasteiger partial charge in [0.15, 0.2) is 0 Å². The van der Waals surface area contributed by atoms with Crippen LogP contribution < -0.4 is 15.8 Å². The molecule has 1 amide bonds. The Morgan fingerprint density at radius 3 is 2.63 bits per heavy atom. The summed E-state index contributed by atoms with van der Waals surface area (Å²) in [5.41, 5.74) is 7.00. The average Bonchev–Trinajstić information content (AvgIpc) is 2.37. The molecule has 1 aromatic rings. The molecule has 0 aliphatic rings. The Hall–Kier alpha value is -1.36. The van der Waals surface area contributed by atoms with Crippen LogP contribution in [0, 0.1) is 5.92 Å². The largest absolute Gasteiger partial charge is 0.497 e. The Balaban J connectivity index is 2.61. The number of nitrogens with one attached hydrogen (secondary N) is 1. The monoisotopic (exact) mass is 282 g/mol. The van der Waals surface area contributed by atoms with E-state index in [9.17, 15) is 4.79 Å². The standard InChI is InChI=1S/C14H22N2O2S/c1-9(2)8-19-10(3)14(17)16-13-6-5-11(18-4)7-12(13)15/h5-7,9-10H,8,15H2,1-4H3,(H,16,17). The Morgan fingerprint density at radius 1 is 1.42 bits per heavy atom. The number of hydrogen-bond acceptors (Lipinski definition) is 4. The van der Waals surface area contributed by atoms with E-state index in [0.29, 0.717) is 23.0 Å². The van der Waals surface area contributed by atoms with Gasteiger partial charge in [0.1, 0.15) is 5.75 Å². The predicted octanol–water partition coefficient (Wildman–Crippen LogP) is 2.99. The molecule has 0 heterocycles. The maximum atomic E-state index is 12.0. The Kier molecular flexibility index (Phi) is 6.02. The van der Waals surface area contributed by atoms with Crippen LogP contribution in [0.25, 0.3) is 0 Å². The second-order valence-electron chi connectivity index (χ2n) is 4.81. The predicted molar refractivity (Wildman–Crippen MR) is 82.8 cm³/mol. The summed E-state index contributed by atoms with van der Waals surface area (Å²) in [4.78, 5) is 12.0. The smallest absolute Gasteiger partial charge is 0.237 e. The Labute approximate surface area is 119 Å². The van der Waals surface area contributed by atoms with Crippen molar-refractivity contribution in [2.24, 2.45) is 5.92 Å². The number of methoxy groups -OCH3 is 1. The summed E-state index contributed by atoms with van der Waals surface area (Å²) in [6, 6.07) is 5.23. The third-order valence-electron chi connectivity index (χ3n) is 2.57. The first-order chi connectivity index (χ1) is 8.93.